The number of thiophene rings is 1. The number of hydrogen-bond donors (Lipinski definition) is 1. The van der Waals surface area contributed by atoms with Gasteiger partial charge in [0.25, 0.3) is 0 Å². The molecule has 1 unspecified atom stereocenters. The Kier molecular flexibility index (Phi) is 4.69. The van der Waals surface area contributed by atoms with Gasteiger partial charge in [-0.15, -0.1) is 11.3 Å². The van der Waals surface area contributed by atoms with Crippen molar-refractivity contribution in [1.82, 2.24) is 4.90 Å². The van der Waals surface area contributed by atoms with E-state index in [1.165, 1.54) is 10.9 Å². The molecule has 0 aliphatic rings. The first kappa shape index (κ1) is 14.2. The van der Waals surface area contributed by atoms with E-state index in [4.69, 9.17) is 5.73 Å². The Morgan fingerprint density at radius 2 is 2.16 bits per heavy atom. The molecular formula is C15H19FN2S. The van der Waals surface area contributed by atoms with E-state index in [1.807, 2.05) is 19.2 Å². The maximum absolute atomic E-state index is 13.8. The van der Waals surface area contributed by atoms with Crippen molar-refractivity contribution < 1.29 is 4.39 Å². The third-order valence-electron chi connectivity index (χ3n) is 3.38. The van der Waals surface area contributed by atoms with Crippen LogP contribution in [0.3, 0.4) is 0 Å². The average Bonchev–Trinajstić information content (AvgIpc) is 2.94. The Bertz CT molecular complexity index is 525. The van der Waals surface area contributed by atoms with Crippen LogP contribution >= 0.6 is 11.3 Å². The van der Waals surface area contributed by atoms with E-state index in [-0.39, 0.29) is 11.9 Å². The van der Waals surface area contributed by atoms with Crippen LogP contribution in [-0.4, -0.2) is 11.9 Å². The van der Waals surface area contributed by atoms with Gasteiger partial charge in [-0.1, -0.05) is 18.2 Å². The van der Waals surface area contributed by atoms with Gasteiger partial charge in [0.05, 0.1) is 0 Å². The molecule has 0 aliphatic heterocycles. The molecule has 2 N–H and O–H groups in total. The van der Waals surface area contributed by atoms with Gasteiger partial charge in [-0.25, -0.2) is 4.39 Å². The molecule has 0 aliphatic carbocycles. The fourth-order valence-electron chi connectivity index (χ4n) is 2.03. The average molecular weight is 278 g/mol. The molecule has 1 atom stereocenters. The quantitative estimate of drug-likeness (QED) is 0.906. The highest BCUT2D eigenvalue weighted by molar-refractivity contribution is 7.10. The lowest BCUT2D eigenvalue weighted by atomic mass is 10.1. The van der Waals surface area contributed by atoms with Gasteiger partial charge in [0.15, 0.2) is 0 Å². The number of nitrogens with two attached hydrogens (primary N) is 1. The number of benzene rings is 1. The summed E-state index contributed by atoms with van der Waals surface area (Å²) in [5.41, 5.74) is 7.27. The van der Waals surface area contributed by atoms with E-state index >= 15 is 0 Å². The van der Waals surface area contributed by atoms with Crippen LogP contribution in [0.15, 0.2) is 35.7 Å². The number of rotatable bonds is 5. The Hall–Kier alpha value is -1.23. The molecule has 0 fully saturated rings. The van der Waals surface area contributed by atoms with Crippen molar-refractivity contribution in [2.24, 2.45) is 5.73 Å². The maximum Gasteiger partial charge on any atom is 0.127 e. The normalized spacial score (nSPS) is 12.9. The summed E-state index contributed by atoms with van der Waals surface area (Å²) in [5, 5.41) is 2.06. The molecule has 1 aromatic carbocycles. The largest absolute Gasteiger partial charge is 0.326 e. The predicted octanol–water partition coefficient (Wildman–Crippen LogP) is 3.54. The van der Waals surface area contributed by atoms with Gasteiger partial charge < -0.3 is 5.73 Å². The zero-order chi connectivity index (χ0) is 13.8. The second-order valence-corrected chi connectivity index (χ2v) is 5.72. The van der Waals surface area contributed by atoms with Gasteiger partial charge in [0.1, 0.15) is 5.82 Å². The lowest BCUT2D eigenvalue weighted by Crippen LogP contribution is -2.22. The summed E-state index contributed by atoms with van der Waals surface area (Å²) in [6.45, 7) is 3.16. The molecule has 2 rings (SSSR count). The minimum atomic E-state index is -0.164. The van der Waals surface area contributed by atoms with Gasteiger partial charge in [0, 0.05) is 29.6 Å². The van der Waals surface area contributed by atoms with Crippen LogP contribution in [0.2, 0.25) is 0 Å². The highest BCUT2D eigenvalue weighted by atomic mass is 32.1. The minimum Gasteiger partial charge on any atom is -0.326 e. The van der Waals surface area contributed by atoms with Gasteiger partial charge >= 0.3 is 0 Å². The molecule has 0 spiro atoms. The first-order chi connectivity index (χ1) is 9.11. The highest BCUT2D eigenvalue weighted by Crippen LogP contribution is 2.25. The molecule has 0 saturated heterocycles. The summed E-state index contributed by atoms with van der Waals surface area (Å²) >= 11 is 1.73. The minimum absolute atomic E-state index is 0.164. The lowest BCUT2D eigenvalue weighted by molar-refractivity contribution is 0.253. The summed E-state index contributed by atoms with van der Waals surface area (Å²) in [7, 11) is 2.01. The van der Waals surface area contributed by atoms with E-state index < -0.39 is 0 Å². The van der Waals surface area contributed by atoms with E-state index in [9.17, 15) is 4.39 Å². The van der Waals surface area contributed by atoms with Crippen LogP contribution in [0.1, 0.15) is 29.0 Å². The van der Waals surface area contributed by atoms with E-state index in [0.29, 0.717) is 18.7 Å². The highest BCUT2D eigenvalue weighted by Gasteiger charge is 2.14. The fourth-order valence-corrected chi connectivity index (χ4v) is 2.88. The molecule has 2 aromatic rings. The molecule has 19 heavy (non-hydrogen) atoms. The van der Waals surface area contributed by atoms with Crippen LogP contribution < -0.4 is 5.73 Å². The number of halogens is 1. The van der Waals surface area contributed by atoms with Crippen LogP contribution in [0.25, 0.3) is 0 Å². The van der Waals surface area contributed by atoms with Crippen LogP contribution in [-0.2, 0) is 13.1 Å². The predicted molar refractivity (Wildman–Crippen MR) is 78.5 cm³/mol. The first-order valence-corrected chi connectivity index (χ1v) is 7.20. The Labute approximate surface area is 117 Å². The van der Waals surface area contributed by atoms with Gasteiger partial charge in [-0.05, 0) is 37.0 Å². The van der Waals surface area contributed by atoms with E-state index in [2.05, 4.69) is 23.3 Å². The van der Waals surface area contributed by atoms with Crippen molar-refractivity contribution in [3.63, 3.8) is 0 Å². The van der Waals surface area contributed by atoms with Gasteiger partial charge in [0.2, 0.25) is 0 Å². The van der Waals surface area contributed by atoms with Crippen molar-refractivity contribution >= 4 is 11.3 Å². The molecule has 0 amide bonds. The monoisotopic (exact) mass is 278 g/mol. The Morgan fingerprint density at radius 3 is 2.79 bits per heavy atom. The Morgan fingerprint density at radius 1 is 1.37 bits per heavy atom. The van der Waals surface area contributed by atoms with Crippen LogP contribution in [0.4, 0.5) is 4.39 Å². The lowest BCUT2D eigenvalue weighted by Gasteiger charge is -2.24. The topological polar surface area (TPSA) is 29.3 Å². The van der Waals surface area contributed by atoms with Crippen molar-refractivity contribution in [2.45, 2.75) is 26.1 Å². The van der Waals surface area contributed by atoms with Crippen molar-refractivity contribution in [1.29, 1.82) is 0 Å². The smallest absolute Gasteiger partial charge is 0.127 e. The fraction of sp³-hybridized carbons (Fsp3) is 0.333. The standard InChI is InChI=1S/C15H19FN2S/c1-11(15-4-3-7-19-15)18(2)10-13-8-12(9-17)5-6-14(13)16/h3-8,11H,9-10,17H2,1-2H3. The molecule has 0 saturated carbocycles. The zero-order valence-corrected chi connectivity index (χ0v) is 12.1. The van der Waals surface area contributed by atoms with Crippen LogP contribution in [0, 0.1) is 5.82 Å². The number of hydrogen-bond acceptors (Lipinski definition) is 3. The third kappa shape index (κ3) is 3.41. The van der Waals surface area contributed by atoms with Crippen molar-refractivity contribution in [3.8, 4) is 0 Å². The van der Waals surface area contributed by atoms with Crippen molar-refractivity contribution in [3.05, 3.63) is 57.5 Å². The molecule has 0 bridgehead atoms. The Balaban J connectivity index is 2.12. The second kappa shape index (κ2) is 6.28. The van der Waals surface area contributed by atoms with E-state index in [0.717, 1.165) is 5.56 Å². The SMILES string of the molecule is CC(c1cccs1)N(C)Cc1cc(CN)ccc1F. The molecule has 102 valence electrons. The molecule has 2 nitrogen and oxygen atoms in total. The summed E-state index contributed by atoms with van der Waals surface area (Å²) in [6, 6.07) is 9.52. The zero-order valence-electron chi connectivity index (χ0n) is 11.3. The molecule has 4 heteroatoms. The molecular weight excluding hydrogens is 259 g/mol. The van der Waals surface area contributed by atoms with Crippen molar-refractivity contribution in [2.75, 3.05) is 7.05 Å². The second-order valence-electron chi connectivity index (χ2n) is 4.74. The summed E-state index contributed by atoms with van der Waals surface area (Å²) < 4.78 is 13.8. The molecule has 1 heterocycles. The maximum atomic E-state index is 13.8. The third-order valence-corrected chi connectivity index (χ3v) is 4.42. The molecule has 1 aromatic heterocycles. The summed E-state index contributed by atoms with van der Waals surface area (Å²) in [6.07, 6.45) is 0. The van der Waals surface area contributed by atoms with Gasteiger partial charge in [-0.3, -0.25) is 4.90 Å². The molecule has 0 radical (unpaired) electrons. The van der Waals surface area contributed by atoms with E-state index in [1.54, 1.807) is 17.4 Å². The van der Waals surface area contributed by atoms with Crippen LogP contribution in [0.5, 0.6) is 0 Å². The first-order valence-electron chi connectivity index (χ1n) is 6.33. The summed E-state index contributed by atoms with van der Waals surface area (Å²) in [4.78, 5) is 3.43. The summed E-state index contributed by atoms with van der Waals surface area (Å²) in [5.74, 6) is -0.164. The van der Waals surface area contributed by atoms with Gasteiger partial charge in [-0.2, -0.15) is 0 Å². The number of nitrogens with zero attached hydrogens (tertiary/aromatic N) is 1.